The predicted molar refractivity (Wildman–Crippen MR) is 162 cm³/mol. The lowest BCUT2D eigenvalue weighted by atomic mass is 9.87. The van der Waals surface area contributed by atoms with Crippen molar-refractivity contribution in [3.63, 3.8) is 0 Å². The largest absolute Gasteiger partial charge is 0.493 e. The van der Waals surface area contributed by atoms with E-state index in [-0.39, 0.29) is 5.92 Å². The molecule has 0 bridgehead atoms. The molecule has 0 aliphatic rings. The lowest BCUT2D eigenvalue weighted by Gasteiger charge is -2.19. The summed E-state index contributed by atoms with van der Waals surface area (Å²) in [6.45, 7) is 8.01. The van der Waals surface area contributed by atoms with E-state index >= 15 is 0 Å². The zero-order valence-corrected chi connectivity index (χ0v) is 24.2. The summed E-state index contributed by atoms with van der Waals surface area (Å²) in [5, 5.41) is 0.998. The number of ether oxygens (including phenoxy) is 3. The fourth-order valence-corrected chi connectivity index (χ4v) is 5.45. The summed E-state index contributed by atoms with van der Waals surface area (Å²) in [4.78, 5) is 0. The van der Waals surface area contributed by atoms with E-state index in [1.807, 2.05) is 56.3 Å². The van der Waals surface area contributed by atoms with Crippen molar-refractivity contribution in [1.82, 2.24) is 0 Å². The average molecular weight is 565 g/mol. The number of benzene rings is 4. The first kappa shape index (κ1) is 28.8. The highest BCUT2D eigenvalue weighted by atomic mass is 35.5. The van der Waals surface area contributed by atoms with Gasteiger partial charge in [-0.15, -0.1) is 0 Å². The molecular formula is C33H35Cl2NO3. The number of aryl methyl sites for hydroxylation is 2. The molecule has 0 aliphatic heterocycles. The van der Waals surface area contributed by atoms with Gasteiger partial charge in [0.2, 0.25) is 0 Å². The van der Waals surface area contributed by atoms with Crippen molar-refractivity contribution in [3.05, 3.63) is 111 Å². The van der Waals surface area contributed by atoms with E-state index < -0.39 is 0 Å². The van der Waals surface area contributed by atoms with Gasteiger partial charge < -0.3 is 19.9 Å². The molecule has 39 heavy (non-hydrogen) atoms. The fraction of sp³-hybridized carbons (Fsp3) is 0.273. The van der Waals surface area contributed by atoms with Crippen LogP contribution in [0.25, 0.3) is 11.1 Å². The van der Waals surface area contributed by atoms with E-state index in [9.17, 15) is 0 Å². The van der Waals surface area contributed by atoms with Gasteiger partial charge in [0, 0.05) is 11.5 Å². The highest BCUT2D eigenvalue weighted by Gasteiger charge is 2.15. The molecule has 1 atom stereocenters. The Kier molecular flexibility index (Phi) is 10.2. The number of hydrogen-bond acceptors (Lipinski definition) is 4. The molecule has 0 aliphatic carbocycles. The fourth-order valence-electron chi connectivity index (χ4n) is 4.74. The molecule has 0 saturated heterocycles. The molecule has 4 aromatic carbocycles. The summed E-state index contributed by atoms with van der Waals surface area (Å²) in [6, 6.07) is 26.6. The number of para-hydroxylation sites is 1. The molecule has 0 spiro atoms. The van der Waals surface area contributed by atoms with Crippen LogP contribution in [0, 0.1) is 13.8 Å². The van der Waals surface area contributed by atoms with Crippen molar-refractivity contribution >= 4 is 23.2 Å². The molecule has 6 heteroatoms. The molecular weight excluding hydrogens is 529 g/mol. The maximum Gasteiger partial charge on any atom is 0.156 e. The van der Waals surface area contributed by atoms with Crippen LogP contribution in [0.4, 0.5) is 0 Å². The second kappa shape index (κ2) is 13.7. The second-order valence-electron chi connectivity index (χ2n) is 9.54. The Morgan fingerprint density at radius 3 is 2.15 bits per heavy atom. The maximum atomic E-state index is 6.25. The number of rotatable bonds is 12. The SMILES string of the molecule is CCOc1ccccc1-c1ccc(C(CN)Cc2ccc(OCCOc3c(Cl)cc(C)cc3Cl)cc2)c(C)c1. The standard InChI is InChI=1S/C33H35Cl2NO3/c1-4-37-32-8-6-5-7-29(32)25-11-14-28(23(3)19-25)26(21-36)20-24-9-12-27(13-10-24)38-15-16-39-33-30(34)17-22(2)18-31(33)35/h5-14,17-19,26H,4,15-16,20-21,36H2,1-3H3. The molecule has 204 valence electrons. The van der Waals surface area contributed by atoms with Crippen molar-refractivity contribution in [3.8, 4) is 28.4 Å². The van der Waals surface area contributed by atoms with E-state index in [4.69, 9.17) is 43.1 Å². The van der Waals surface area contributed by atoms with Crippen molar-refractivity contribution < 1.29 is 14.2 Å². The Labute approximate surface area is 241 Å². The normalized spacial score (nSPS) is 11.7. The third-order valence-corrected chi connectivity index (χ3v) is 7.20. The highest BCUT2D eigenvalue weighted by Crippen LogP contribution is 2.35. The van der Waals surface area contributed by atoms with Gasteiger partial charge in [0.15, 0.2) is 5.75 Å². The predicted octanol–water partition coefficient (Wildman–Crippen LogP) is 8.42. The van der Waals surface area contributed by atoms with E-state index in [2.05, 4.69) is 43.3 Å². The van der Waals surface area contributed by atoms with E-state index in [1.165, 1.54) is 16.7 Å². The molecule has 4 aromatic rings. The minimum atomic E-state index is 0.213. The van der Waals surface area contributed by atoms with Gasteiger partial charge in [-0.3, -0.25) is 0 Å². The van der Waals surface area contributed by atoms with Crippen molar-refractivity contribution in [2.75, 3.05) is 26.4 Å². The molecule has 0 saturated carbocycles. The van der Waals surface area contributed by atoms with Crippen LogP contribution in [0.15, 0.2) is 78.9 Å². The summed E-state index contributed by atoms with van der Waals surface area (Å²) in [7, 11) is 0. The van der Waals surface area contributed by atoms with Gasteiger partial charge in [-0.25, -0.2) is 0 Å². The van der Waals surface area contributed by atoms with Crippen LogP contribution >= 0.6 is 23.2 Å². The van der Waals surface area contributed by atoms with Gasteiger partial charge in [-0.2, -0.15) is 0 Å². The van der Waals surface area contributed by atoms with Crippen molar-refractivity contribution in [1.29, 1.82) is 0 Å². The second-order valence-corrected chi connectivity index (χ2v) is 10.4. The van der Waals surface area contributed by atoms with Crippen LogP contribution < -0.4 is 19.9 Å². The molecule has 1 unspecified atom stereocenters. The first-order valence-electron chi connectivity index (χ1n) is 13.2. The third kappa shape index (κ3) is 7.48. The van der Waals surface area contributed by atoms with E-state index in [1.54, 1.807) is 0 Å². The minimum Gasteiger partial charge on any atom is -0.493 e. The third-order valence-electron chi connectivity index (χ3n) is 6.64. The van der Waals surface area contributed by atoms with Crippen LogP contribution in [0.3, 0.4) is 0 Å². The zero-order chi connectivity index (χ0) is 27.8. The lowest BCUT2D eigenvalue weighted by Crippen LogP contribution is -2.16. The summed E-state index contributed by atoms with van der Waals surface area (Å²) >= 11 is 12.5. The van der Waals surface area contributed by atoms with Gasteiger partial charge in [0.1, 0.15) is 24.7 Å². The Bertz CT molecular complexity index is 1370. The molecule has 2 N–H and O–H groups in total. The molecule has 4 nitrogen and oxygen atoms in total. The van der Waals surface area contributed by atoms with Crippen LogP contribution in [0.2, 0.25) is 10.0 Å². The zero-order valence-electron chi connectivity index (χ0n) is 22.7. The van der Waals surface area contributed by atoms with Crippen molar-refractivity contribution in [2.24, 2.45) is 5.73 Å². The Morgan fingerprint density at radius 2 is 1.49 bits per heavy atom. The van der Waals surface area contributed by atoms with Crippen LogP contribution in [-0.2, 0) is 6.42 Å². The number of nitrogens with two attached hydrogens (primary N) is 1. The molecule has 4 rings (SSSR count). The van der Waals surface area contributed by atoms with Crippen molar-refractivity contribution in [2.45, 2.75) is 33.1 Å². The maximum absolute atomic E-state index is 6.25. The average Bonchev–Trinajstić information content (AvgIpc) is 2.92. The van der Waals surface area contributed by atoms with Gasteiger partial charge in [0.25, 0.3) is 0 Å². The summed E-state index contributed by atoms with van der Waals surface area (Å²) in [6.07, 6.45) is 0.847. The molecule has 0 heterocycles. The summed E-state index contributed by atoms with van der Waals surface area (Å²) in [5.74, 6) is 2.38. The topological polar surface area (TPSA) is 53.7 Å². The van der Waals surface area contributed by atoms with Crippen LogP contribution in [-0.4, -0.2) is 26.4 Å². The smallest absolute Gasteiger partial charge is 0.156 e. The van der Waals surface area contributed by atoms with Gasteiger partial charge in [-0.05, 0) is 91.9 Å². The van der Waals surface area contributed by atoms with Gasteiger partial charge >= 0.3 is 0 Å². The molecule has 0 fully saturated rings. The van der Waals surface area contributed by atoms with Gasteiger partial charge in [0.05, 0.1) is 16.7 Å². The molecule has 0 radical (unpaired) electrons. The quantitative estimate of drug-likeness (QED) is 0.176. The molecule has 0 aromatic heterocycles. The first-order valence-corrected chi connectivity index (χ1v) is 14.0. The Morgan fingerprint density at radius 1 is 0.795 bits per heavy atom. The number of halogens is 2. The first-order chi connectivity index (χ1) is 18.9. The Balaban J connectivity index is 1.35. The minimum absolute atomic E-state index is 0.213. The summed E-state index contributed by atoms with van der Waals surface area (Å²) < 4.78 is 17.4. The van der Waals surface area contributed by atoms with Gasteiger partial charge in [-0.1, -0.05) is 71.7 Å². The molecule has 0 amide bonds. The van der Waals surface area contributed by atoms with E-state index in [0.717, 1.165) is 34.6 Å². The Hall–Kier alpha value is -3.18. The summed E-state index contributed by atoms with van der Waals surface area (Å²) in [5.41, 5.74) is 13.2. The lowest BCUT2D eigenvalue weighted by molar-refractivity contribution is 0.217. The highest BCUT2D eigenvalue weighted by molar-refractivity contribution is 6.37. The van der Waals surface area contributed by atoms with E-state index in [0.29, 0.717) is 42.2 Å². The van der Waals surface area contributed by atoms with Crippen LogP contribution in [0.5, 0.6) is 17.2 Å². The monoisotopic (exact) mass is 563 g/mol. The van der Waals surface area contributed by atoms with Crippen LogP contribution in [0.1, 0.15) is 35.1 Å². The number of hydrogen-bond donors (Lipinski definition) is 1.